The second-order valence-electron chi connectivity index (χ2n) is 5.87. The molecule has 3 aromatic rings. The largest absolute Gasteiger partial charge is 0.486 e. The number of aryl methyl sites for hydroxylation is 1. The lowest BCUT2D eigenvalue weighted by Crippen LogP contribution is -2.27. The molecule has 0 bridgehead atoms. The van der Waals surface area contributed by atoms with E-state index in [9.17, 15) is 9.59 Å². The maximum atomic E-state index is 12.6. The second kappa shape index (κ2) is 6.80. The van der Waals surface area contributed by atoms with E-state index in [0.29, 0.717) is 40.6 Å². The zero-order chi connectivity index (χ0) is 18.1. The van der Waals surface area contributed by atoms with Gasteiger partial charge in [0.15, 0.2) is 11.5 Å². The number of hydrogen-bond donors (Lipinski definition) is 1. The molecule has 0 saturated heterocycles. The summed E-state index contributed by atoms with van der Waals surface area (Å²) in [4.78, 5) is 31.0. The van der Waals surface area contributed by atoms with E-state index in [1.54, 1.807) is 18.2 Å². The fraction of sp³-hybridized carbons (Fsp3) is 0.278. The first-order valence-electron chi connectivity index (χ1n) is 8.31. The normalized spacial score (nSPS) is 13.0. The number of rotatable bonds is 4. The molecule has 0 saturated carbocycles. The van der Waals surface area contributed by atoms with Gasteiger partial charge in [0.25, 0.3) is 5.56 Å². The number of nitrogens with one attached hydrogen (secondary N) is 1. The van der Waals surface area contributed by atoms with Gasteiger partial charge in [-0.05, 0) is 24.6 Å². The molecule has 0 radical (unpaired) electrons. The van der Waals surface area contributed by atoms with Crippen molar-refractivity contribution in [2.24, 2.45) is 0 Å². The SMILES string of the molecule is CCc1cc2c(=O)n(CC(=O)Nc3ccc4c(c3)OCCO4)cnc2s1. The van der Waals surface area contributed by atoms with Crippen molar-refractivity contribution in [3.63, 3.8) is 0 Å². The molecule has 0 atom stereocenters. The van der Waals surface area contributed by atoms with Crippen LogP contribution in [0, 0.1) is 0 Å². The summed E-state index contributed by atoms with van der Waals surface area (Å²) in [7, 11) is 0. The van der Waals surface area contributed by atoms with E-state index < -0.39 is 0 Å². The molecule has 1 aliphatic heterocycles. The number of thiophene rings is 1. The van der Waals surface area contributed by atoms with Gasteiger partial charge >= 0.3 is 0 Å². The number of benzene rings is 1. The lowest BCUT2D eigenvalue weighted by atomic mass is 10.2. The molecule has 4 rings (SSSR count). The summed E-state index contributed by atoms with van der Waals surface area (Å²) in [5.41, 5.74) is 0.383. The van der Waals surface area contributed by atoms with Crippen molar-refractivity contribution in [3.8, 4) is 11.5 Å². The van der Waals surface area contributed by atoms with Crippen LogP contribution in [-0.4, -0.2) is 28.7 Å². The predicted octanol–water partition coefficient (Wildman–Crippen LogP) is 2.43. The fourth-order valence-corrected chi connectivity index (χ4v) is 3.70. The predicted molar refractivity (Wildman–Crippen MR) is 99.3 cm³/mol. The number of anilines is 1. The molecule has 2 aromatic heterocycles. The van der Waals surface area contributed by atoms with Crippen molar-refractivity contribution < 1.29 is 14.3 Å². The summed E-state index contributed by atoms with van der Waals surface area (Å²) in [6, 6.07) is 7.05. The third-order valence-electron chi connectivity index (χ3n) is 4.06. The van der Waals surface area contributed by atoms with E-state index in [0.717, 1.165) is 11.3 Å². The molecule has 1 amide bonds. The highest BCUT2D eigenvalue weighted by Gasteiger charge is 2.14. The van der Waals surface area contributed by atoms with Crippen molar-refractivity contribution in [1.82, 2.24) is 9.55 Å². The van der Waals surface area contributed by atoms with Crippen LogP contribution in [0.4, 0.5) is 5.69 Å². The number of nitrogens with zero attached hydrogens (tertiary/aromatic N) is 2. The third-order valence-corrected chi connectivity index (χ3v) is 5.24. The summed E-state index contributed by atoms with van der Waals surface area (Å²) in [5.74, 6) is 0.944. The van der Waals surface area contributed by atoms with Gasteiger partial charge in [0.05, 0.1) is 11.7 Å². The van der Waals surface area contributed by atoms with Crippen molar-refractivity contribution in [1.29, 1.82) is 0 Å². The first-order chi connectivity index (χ1) is 12.6. The molecule has 0 aliphatic carbocycles. The van der Waals surface area contributed by atoms with Crippen LogP contribution >= 0.6 is 11.3 Å². The topological polar surface area (TPSA) is 82.5 Å². The van der Waals surface area contributed by atoms with Crippen LogP contribution in [-0.2, 0) is 17.8 Å². The number of carbonyl (C=O) groups is 1. The highest BCUT2D eigenvalue weighted by molar-refractivity contribution is 7.18. The van der Waals surface area contributed by atoms with Crippen LogP contribution in [0.3, 0.4) is 0 Å². The molecule has 8 heteroatoms. The maximum absolute atomic E-state index is 12.6. The number of amides is 1. The Kier molecular flexibility index (Phi) is 4.34. The standard InChI is InChI=1S/C18H17N3O4S/c1-2-12-8-13-17(26-12)19-10-21(18(13)23)9-16(22)20-11-3-4-14-15(7-11)25-6-5-24-14/h3-4,7-8,10H,2,5-6,9H2,1H3,(H,20,22). The summed E-state index contributed by atoms with van der Waals surface area (Å²) >= 11 is 1.50. The van der Waals surface area contributed by atoms with Gasteiger partial charge < -0.3 is 14.8 Å². The number of ether oxygens (including phenoxy) is 2. The van der Waals surface area contributed by atoms with Crippen molar-refractivity contribution >= 4 is 33.1 Å². The van der Waals surface area contributed by atoms with Gasteiger partial charge in [-0.2, -0.15) is 0 Å². The molecule has 3 heterocycles. The Morgan fingerprint density at radius 3 is 2.88 bits per heavy atom. The molecule has 1 N–H and O–H groups in total. The summed E-state index contributed by atoms with van der Waals surface area (Å²) in [5, 5.41) is 3.33. The van der Waals surface area contributed by atoms with Crippen LogP contribution in [0.15, 0.2) is 35.4 Å². The van der Waals surface area contributed by atoms with E-state index >= 15 is 0 Å². The molecule has 1 aromatic carbocycles. The van der Waals surface area contributed by atoms with Crippen LogP contribution in [0.2, 0.25) is 0 Å². The van der Waals surface area contributed by atoms with Gasteiger partial charge in [-0.3, -0.25) is 14.2 Å². The average Bonchev–Trinajstić information content (AvgIpc) is 3.08. The monoisotopic (exact) mass is 371 g/mol. The molecular formula is C18H17N3O4S. The molecule has 134 valence electrons. The van der Waals surface area contributed by atoms with E-state index in [1.807, 2.05) is 13.0 Å². The Bertz CT molecular complexity index is 1040. The molecule has 1 aliphatic rings. The summed E-state index contributed by atoms with van der Waals surface area (Å²) in [6.07, 6.45) is 2.27. The Labute approximate surface area is 153 Å². The zero-order valence-electron chi connectivity index (χ0n) is 14.2. The Morgan fingerprint density at radius 1 is 1.27 bits per heavy atom. The average molecular weight is 371 g/mol. The first-order valence-corrected chi connectivity index (χ1v) is 9.13. The Morgan fingerprint density at radius 2 is 2.08 bits per heavy atom. The molecular weight excluding hydrogens is 354 g/mol. The highest BCUT2D eigenvalue weighted by Crippen LogP contribution is 2.32. The van der Waals surface area contributed by atoms with Crippen LogP contribution in [0.25, 0.3) is 10.2 Å². The number of carbonyl (C=O) groups excluding carboxylic acids is 1. The van der Waals surface area contributed by atoms with Gasteiger partial charge in [-0.25, -0.2) is 4.98 Å². The molecule has 26 heavy (non-hydrogen) atoms. The van der Waals surface area contributed by atoms with E-state index in [-0.39, 0.29) is 18.0 Å². The van der Waals surface area contributed by atoms with Crippen LogP contribution in [0.5, 0.6) is 11.5 Å². The van der Waals surface area contributed by atoms with Crippen molar-refractivity contribution in [3.05, 3.63) is 45.8 Å². The van der Waals surface area contributed by atoms with Crippen molar-refractivity contribution in [2.75, 3.05) is 18.5 Å². The minimum atomic E-state index is -0.309. The minimum Gasteiger partial charge on any atom is -0.486 e. The lowest BCUT2D eigenvalue weighted by Gasteiger charge is -2.19. The quantitative estimate of drug-likeness (QED) is 0.762. The van der Waals surface area contributed by atoms with Crippen LogP contribution in [0.1, 0.15) is 11.8 Å². The lowest BCUT2D eigenvalue weighted by molar-refractivity contribution is -0.116. The van der Waals surface area contributed by atoms with Gasteiger partial charge in [0.2, 0.25) is 5.91 Å². The smallest absolute Gasteiger partial charge is 0.262 e. The molecule has 7 nitrogen and oxygen atoms in total. The third kappa shape index (κ3) is 3.15. The molecule has 0 spiro atoms. The van der Waals surface area contributed by atoms with E-state index in [2.05, 4.69) is 10.3 Å². The zero-order valence-corrected chi connectivity index (χ0v) is 15.0. The van der Waals surface area contributed by atoms with Crippen molar-refractivity contribution in [2.45, 2.75) is 19.9 Å². The number of hydrogen-bond acceptors (Lipinski definition) is 6. The first kappa shape index (κ1) is 16.6. The second-order valence-corrected chi connectivity index (χ2v) is 6.98. The summed E-state index contributed by atoms with van der Waals surface area (Å²) < 4.78 is 12.3. The number of aromatic nitrogens is 2. The minimum absolute atomic E-state index is 0.104. The van der Waals surface area contributed by atoms with Gasteiger partial charge in [0.1, 0.15) is 24.6 Å². The Balaban J connectivity index is 1.52. The number of fused-ring (bicyclic) bond motifs is 2. The molecule has 0 fully saturated rings. The van der Waals surface area contributed by atoms with Gasteiger partial charge in [0, 0.05) is 16.6 Å². The van der Waals surface area contributed by atoms with Crippen LogP contribution < -0.4 is 20.3 Å². The van der Waals surface area contributed by atoms with E-state index in [4.69, 9.17) is 9.47 Å². The molecule has 0 unspecified atom stereocenters. The van der Waals surface area contributed by atoms with Gasteiger partial charge in [-0.1, -0.05) is 6.92 Å². The maximum Gasteiger partial charge on any atom is 0.262 e. The Hall–Kier alpha value is -2.87. The van der Waals surface area contributed by atoms with E-state index in [1.165, 1.54) is 22.2 Å². The highest BCUT2D eigenvalue weighted by atomic mass is 32.1. The van der Waals surface area contributed by atoms with Gasteiger partial charge in [-0.15, -0.1) is 11.3 Å². The fourth-order valence-electron chi connectivity index (χ4n) is 2.77. The summed E-state index contributed by atoms with van der Waals surface area (Å²) in [6.45, 7) is 2.92.